The zero-order valence-electron chi connectivity index (χ0n) is 13.7. The average molecular weight is 365 g/mol. The average Bonchev–Trinajstić information content (AvgIpc) is 3.30. The van der Waals surface area contributed by atoms with E-state index >= 15 is 0 Å². The Hall–Kier alpha value is -3.26. The first-order valence-electron chi connectivity index (χ1n) is 8.07. The van der Waals surface area contributed by atoms with Crippen LogP contribution >= 0.6 is 11.3 Å². The van der Waals surface area contributed by atoms with Crippen molar-refractivity contribution in [3.63, 3.8) is 0 Å². The first-order valence-corrected chi connectivity index (χ1v) is 8.95. The number of aromatic amines is 1. The van der Waals surface area contributed by atoms with E-state index in [1.165, 1.54) is 27.5 Å². The third kappa shape index (κ3) is 3.40. The summed E-state index contributed by atoms with van der Waals surface area (Å²) in [5, 5.41) is 8.97. The molecule has 8 heteroatoms. The summed E-state index contributed by atoms with van der Waals surface area (Å²) in [5.74, 6) is 0.915. The van der Waals surface area contributed by atoms with Gasteiger partial charge in [-0.3, -0.25) is 14.6 Å². The first-order chi connectivity index (χ1) is 12.7. The molecule has 0 aliphatic carbocycles. The molecular formula is C18H15N5O2S. The van der Waals surface area contributed by atoms with Crippen molar-refractivity contribution < 1.29 is 4.79 Å². The van der Waals surface area contributed by atoms with Gasteiger partial charge in [-0.25, -0.2) is 0 Å². The van der Waals surface area contributed by atoms with Crippen LogP contribution in [0.5, 0.6) is 0 Å². The minimum Gasteiger partial charge on any atom is -0.306 e. The lowest BCUT2D eigenvalue weighted by atomic mass is 10.1. The van der Waals surface area contributed by atoms with Crippen LogP contribution in [0.4, 0.5) is 5.82 Å². The number of hydrogen-bond donors (Lipinski definition) is 2. The molecular weight excluding hydrogens is 350 g/mol. The molecule has 2 N–H and O–H groups in total. The molecule has 4 aromatic rings. The Labute approximate surface area is 152 Å². The number of nitrogens with one attached hydrogen (secondary N) is 2. The number of fused-ring (bicyclic) bond motifs is 1. The summed E-state index contributed by atoms with van der Waals surface area (Å²) in [4.78, 5) is 31.7. The predicted octanol–water partition coefficient (Wildman–Crippen LogP) is 2.52. The zero-order valence-corrected chi connectivity index (χ0v) is 14.5. The summed E-state index contributed by atoms with van der Waals surface area (Å²) in [7, 11) is 0. The monoisotopic (exact) mass is 365 g/mol. The van der Waals surface area contributed by atoms with E-state index in [0.29, 0.717) is 28.7 Å². The van der Waals surface area contributed by atoms with Gasteiger partial charge in [0.25, 0.3) is 11.5 Å². The van der Waals surface area contributed by atoms with Gasteiger partial charge in [0.15, 0.2) is 5.82 Å². The molecule has 3 heterocycles. The van der Waals surface area contributed by atoms with Gasteiger partial charge in [-0.15, -0.1) is 16.4 Å². The second kappa shape index (κ2) is 6.93. The van der Waals surface area contributed by atoms with E-state index < -0.39 is 0 Å². The molecule has 0 aliphatic rings. The third-order valence-corrected chi connectivity index (χ3v) is 4.72. The Kier molecular flexibility index (Phi) is 4.32. The molecule has 1 aromatic carbocycles. The highest BCUT2D eigenvalue weighted by atomic mass is 32.1. The summed E-state index contributed by atoms with van der Waals surface area (Å²) in [6, 6.07) is 14.9. The number of nitrogens with zero attached hydrogens (tertiary/aromatic N) is 3. The Morgan fingerprint density at radius 1 is 1.15 bits per heavy atom. The van der Waals surface area contributed by atoms with Gasteiger partial charge in [0.05, 0.1) is 4.88 Å². The number of rotatable bonds is 5. The van der Waals surface area contributed by atoms with Crippen LogP contribution in [-0.4, -0.2) is 25.5 Å². The van der Waals surface area contributed by atoms with Crippen molar-refractivity contribution in [1.82, 2.24) is 19.6 Å². The Morgan fingerprint density at radius 3 is 2.77 bits per heavy atom. The first kappa shape index (κ1) is 16.2. The molecule has 0 bridgehead atoms. The van der Waals surface area contributed by atoms with Crippen LogP contribution in [0, 0.1) is 0 Å². The summed E-state index contributed by atoms with van der Waals surface area (Å²) < 4.78 is 1.45. The van der Waals surface area contributed by atoms with Crippen LogP contribution in [0.25, 0.3) is 5.78 Å². The van der Waals surface area contributed by atoms with E-state index in [0.717, 1.165) is 6.42 Å². The van der Waals surface area contributed by atoms with Gasteiger partial charge < -0.3 is 5.32 Å². The highest BCUT2D eigenvalue weighted by Gasteiger charge is 2.13. The molecule has 26 heavy (non-hydrogen) atoms. The highest BCUT2D eigenvalue weighted by molar-refractivity contribution is 7.12. The van der Waals surface area contributed by atoms with Crippen molar-refractivity contribution in [2.45, 2.75) is 12.8 Å². The van der Waals surface area contributed by atoms with Crippen molar-refractivity contribution in [2.75, 3.05) is 5.32 Å². The topological polar surface area (TPSA) is 92.1 Å². The maximum absolute atomic E-state index is 12.3. The number of hydrogen-bond acceptors (Lipinski definition) is 5. The number of aryl methyl sites for hydroxylation is 2. The fourth-order valence-electron chi connectivity index (χ4n) is 2.62. The number of thiophene rings is 1. The fourth-order valence-corrected chi connectivity index (χ4v) is 3.24. The van der Waals surface area contributed by atoms with Crippen molar-refractivity contribution in [3.05, 3.63) is 80.5 Å². The van der Waals surface area contributed by atoms with Crippen molar-refractivity contribution in [2.24, 2.45) is 0 Å². The fraction of sp³-hybridized carbons (Fsp3) is 0.111. The van der Waals surface area contributed by atoms with Crippen molar-refractivity contribution >= 4 is 28.8 Å². The minimum atomic E-state index is -0.346. The van der Waals surface area contributed by atoms with Gasteiger partial charge in [0.2, 0.25) is 5.78 Å². The SMILES string of the molecule is O=C(Nc1cc(=O)[nH]c2nc(CCc3ccccc3)nn12)c1cccs1. The van der Waals surface area contributed by atoms with E-state index in [1.54, 1.807) is 12.1 Å². The lowest BCUT2D eigenvalue weighted by Gasteiger charge is -2.04. The molecule has 0 unspecified atom stereocenters. The van der Waals surface area contributed by atoms with Gasteiger partial charge in [0.1, 0.15) is 5.82 Å². The quantitative estimate of drug-likeness (QED) is 0.568. The van der Waals surface area contributed by atoms with Crippen molar-refractivity contribution in [1.29, 1.82) is 0 Å². The molecule has 130 valence electrons. The third-order valence-electron chi connectivity index (χ3n) is 3.85. The zero-order chi connectivity index (χ0) is 17.9. The Bertz CT molecular complexity index is 1100. The normalized spacial score (nSPS) is 10.9. The molecule has 7 nitrogen and oxygen atoms in total. The molecule has 4 rings (SSSR count). The predicted molar refractivity (Wildman–Crippen MR) is 99.7 cm³/mol. The minimum absolute atomic E-state index is 0.284. The number of aromatic nitrogens is 4. The lowest BCUT2D eigenvalue weighted by Crippen LogP contribution is -2.18. The van der Waals surface area contributed by atoms with Gasteiger partial charge in [-0.05, 0) is 23.4 Å². The van der Waals surface area contributed by atoms with Gasteiger partial charge in [-0.2, -0.15) is 9.50 Å². The van der Waals surface area contributed by atoms with Crippen molar-refractivity contribution in [3.8, 4) is 0 Å². The van der Waals surface area contributed by atoms with Crippen LogP contribution in [0.3, 0.4) is 0 Å². The smallest absolute Gasteiger partial charge is 0.266 e. The highest BCUT2D eigenvalue weighted by Crippen LogP contribution is 2.13. The molecule has 0 spiro atoms. The summed E-state index contributed by atoms with van der Waals surface area (Å²) in [6.07, 6.45) is 1.42. The molecule has 0 atom stereocenters. The number of benzene rings is 1. The maximum Gasteiger partial charge on any atom is 0.266 e. The molecule has 0 fully saturated rings. The number of carbonyl (C=O) groups excluding carboxylic acids is 1. The number of anilines is 1. The van der Waals surface area contributed by atoms with Gasteiger partial charge in [0, 0.05) is 12.5 Å². The van der Waals surface area contributed by atoms with Gasteiger partial charge in [-0.1, -0.05) is 36.4 Å². The second-order valence-corrected chi connectivity index (χ2v) is 6.65. The summed E-state index contributed by atoms with van der Waals surface area (Å²) >= 11 is 1.33. The van der Waals surface area contributed by atoms with E-state index in [1.807, 2.05) is 35.7 Å². The maximum atomic E-state index is 12.3. The Morgan fingerprint density at radius 2 is 2.00 bits per heavy atom. The van der Waals surface area contributed by atoms with Crippen LogP contribution in [0.2, 0.25) is 0 Å². The van der Waals surface area contributed by atoms with E-state index in [4.69, 9.17) is 0 Å². The number of amides is 1. The number of H-pyrrole nitrogens is 1. The molecule has 0 aliphatic heterocycles. The van der Waals surface area contributed by atoms with Crippen LogP contribution in [-0.2, 0) is 12.8 Å². The van der Waals surface area contributed by atoms with E-state index in [2.05, 4.69) is 20.4 Å². The van der Waals surface area contributed by atoms with Crippen LogP contribution in [0.15, 0.2) is 58.7 Å². The Balaban J connectivity index is 1.60. The summed E-state index contributed by atoms with van der Waals surface area (Å²) in [5.41, 5.74) is 0.840. The van der Waals surface area contributed by atoms with Crippen LogP contribution < -0.4 is 10.9 Å². The van der Waals surface area contributed by atoms with Crippen LogP contribution in [0.1, 0.15) is 21.1 Å². The van der Waals surface area contributed by atoms with E-state index in [-0.39, 0.29) is 11.5 Å². The van der Waals surface area contributed by atoms with Gasteiger partial charge >= 0.3 is 0 Å². The molecule has 3 aromatic heterocycles. The number of carbonyl (C=O) groups is 1. The molecule has 0 saturated carbocycles. The largest absolute Gasteiger partial charge is 0.306 e. The summed E-state index contributed by atoms with van der Waals surface area (Å²) in [6.45, 7) is 0. The second-order valence-electron chi connectivity index (χ2n) is 5.70. The standard InChI is InChI=1S/C18H15N5O2S/c24-16-11-15(20-17(25)13-7-4-10-26-13)23-18(21-16)19-14(22-23)9-8-12-5-2-1-3-6-12/h1-7,10-11H,8-9H2,(H,20,25)(H,19,21,22,24). The molecule has 0 radical (unpaired) electrons. The van der Waals surface area contributed by atoms with E-state index in [9.17, 15) is 9.59 Å². The molecule has 0 saturated heterocycles. The lowest BCUT2D eigenvalue weighted by molar-refractivity contribution is 0.103. The molecule has 1 amide bonds.